The molecule has 4 nitrogen and oxygen atoms in total. The van der Waals surface area contributed by atoms with Gasteiger partial charge in [0.1, 0.15) is 0 Å². The van der Waals surface area contributed by atoms with Crippen molar-refractivity contribution in [3.63, 3.8) is 0 Å². The highest BCUT2D eigenvalue weighted by Crippen LogP contribution is 2.37. The first kappa shape index (κ1) is 28.9. The van der Waals surface area contributed by atoms with E-state index in [1.54, 1.807) is 36.7 Å². The van der Waals surface area contributed by atoms with Crippen LogP contribution >= 0.6 is 11.6 Å². The quantitative estimate of drug-likeness (QED) is 0.295. The summed E-state index contributed by atoms with van der Waals surface area (Å²) in [4.78, 5) is 21.1. The third-order valence-corrected chi connectivity index (χ3v) is 6.96. The minimum absolute atomic E-state index is 0.0299. The Hall–Kier alpha value is -3.11. The molecule has 0 saturated carbocycles. The minimum atomic E-state index is -5.04. The molecule has 0 aliphatic carbocycles. The Kier molecular flexibility index (Phi) is 8.86. The van der Waals surface area contributed by atoms with Crippen LogP contribution in [0.4, 0.5) is 26.3 Å². The summed E-state index contributed by atoms with van der Waals surface area (Å²) in [5.74, 6) is -0.861. The number of nitrogens with zero attached hydrogens (tertiary/aromatic N) is 3. The van der Waals surface area contributed by atoms with E-state index in [2.05, 4.69) is 9.88 Å². The highest BCUT2D eigenvalue weighted by molar-refractivity contribution is 6.30. The summed E-state index contributed by atoms with van der Waals surface area (Å²) in [6.07, 6.45) is -4.58. The Bertz CT molecular complexity index is 1230. The molecule has 4 rings (SSSR count). The van der Waals surface area contributed by atoms with E-state index in [9.17, 15) is 31.1 Å². The van der Waals surface area contributed by atoms with Crippen molar-refractivity contribution in [2.75, 3.05) is 26.2 Å². The van der Waals surface area contributed by atoms with Crippen LogP contribution in [0.5, 0.6) is 0 Å². The number of pyridine rings is 1. The van der Waals surface area contributed by atoms with Crippen molar-refractivity contribution in [3.05, 3.63) is 99.8 Å². The average molecular weight is 570 g/mol. The van der Waals surface area contributed by atoms with Crippen LogP contribution in [0.2, 0.25) is 5.02 Å². The van der Waals surface area contributed by atoms with E-state index in [4.69, 9.17) is 11.6 Å². The molecule has 0 unspecified atom stereocenters. The first-order valence-electron chi connectivity index (χ1n) is 12.4. The van der Waals surface area contributed by atoms with Crippen molar-refractivity contribution in [2.45, 2.75) is 37.7 Å². The summed E-state index contributed by atoms with van der Waals surface area (Å²) < 4.78 is 80.5. The number of aryl methyl sites for hydroxylation is 1. The lowest BCUT2D eigenvalue weighted by Gasteiger charge is -2.42. The minimum Gasteiger partial charge on any atom is -0.333 e. The van der Waals surface area contributed by atoms with Gasteiger partial charge in [-0.15, -0.1) is 0 Å². The molecular weight excluding hydrogens is 544 g/mol. The summed E-state index contributed by atoms with van der Waals surface area (Å²) in [5, 5.41) is 0.524. The third-order valence-electron chi connectivity index (χ3n) is 6.71. The van der Waals surface area contributed by atoms with Gasteiger partial charge < -0.3 is 4.90 Å². The Morgan fingerprint density at radius 2 is 1.59 bits per heavy atom. The first-order valence-corrected chi connectivity index (χ1v) is 12.7. The summed E-state index contributed by atoms with van der Waals surface area (Å²) in [7, 11) is 0. The second-order valence-corrected chi connectivity index (χ2v) is 9.98. The molecule has 1 aliphatic heterocycles. The van der Waals surface area contributed by atoms with Gasteiger partial charge in [-0.05, 0) is 73.3 Å². The van der Waals surface area contributed by atoms with Crippen LogP contribution in [-0.4, -0.2) is 52.9 Å². The van der Waals surface area contributed by atoms with Crippen LogP contribution in [0.15, 0.2) is 67.0 Å². The molecule has 3 aromatic rings. The monoisotopic (exact) mass is 569 g/mol. The molecule has 1 atom stereocenters. The van der Waals surface area contributed by atoms with Crippen LogP contribution in [0.3, 0.4) is 0 Å². The molecule has 1 fully saturated rings. The van der Waals surface area contributed by atoms with E-state index in [1.807, 2.05) is 12.1 Å². The van der Waals surface area contributed by atoms with Gasteiger partial charge in [0.2, 0.25) is 0 Å². The Morgan fingerprint density at radius 3 is 2.18 bits per heavy atom. The number of rotatable bonds is 7. The maximum absolute atomic E-state index is 13.5. The van der Waals surface area contributed by atoms with Crippen LogP contribution in [0.25, 0.3) is 0 Å². The predicted molar refractivity (Wildman–Crippen MR) is 135 cm³/mol. The average Bonchev–Trinajstić information content (AvgIpc) is 2.89. The fraction of sp³-hybridized carbons (Fsp3) is 0.357. The molecule has 0 bridgehead atoms. The molecule has 0 spiro atoms. The number of benzene rings is 2. The lowest BCUT2D eigenvalue weighted by atomic mass is 9.99. The SMILES string of the molecule is O=C(c1cc(C(F)(F)F)cc(C(F)(F)F)c1)N1CCN(CCCc2cccnc2)C[C@H]1Cc1ccc(Cl)cc1. The molecule has 1 aromatic heterocycles. The zero-order valence-corrected chi connectivity index (χ0v) is 21.5. The van der Waals surface area contributed by atoms with Crippen LogP contribution in [-0.2, 0) is 25.2 Å². The van der Waals surface area contributed by atoms with Crippen molar-refractivity contribution in [1.82, 2.24) is 14.8 Å². The first-order chi connectivity index (χ1) is 18.4. The topological polar surface area (TPSA) is 36.4 Å². The largest absolute Gasteiger partial charge is 0.416 e. The molecule has 39 heavy (non-hydrogen) atoms. The van der Waals surface area contributed by atoms with E-state index >= 15 is 0 Å². The van der Waals surface area contributed by atoms with E-state index in [0.717, 1.165) is 30.5 Å². The fourth-order valence-corrected chi connectivity index (χ4v) is 4.88. The Labute approximate surface area is 227 Å². The van der Waals surface area contributed by atoms with Crippen molar-refractivity contribution in [3.8, 4) is 0 Å². The standard InChI is InChI=1S/C28H26ClF6N3O/c29-24-7-5-19(6-8-24)13-25-18-37(10-2-4-20-3-1-9-36-17-20)11-12-38(25)26(39)21-14-22(27(30,31)32)16-23(15-21)28(33,34)35/h1,3,5-9,14-17,25H,2,4,10-13,18H2/t25-/m1/s1. The highest BCUT2D eigenvalue weighted by Gasteiger charge is 2.39. The van der Waals surface area contributed by atoms with Crippen LogP contribution < -0.4 is 0 Å². The number of hydrogen-bond acceptors (Lipinski definition) is 3. The molecule has 1 amide bonds. The van der Waals surface area contributed by atoms with Crippen LogP contribution in [0.1, 0.15) is 39.0 Å². The summed E-state index contributed by atoms with van der Waals surface area (Å²) >= 11 is 5.99. The number of aromatic nitrogens is 1. The predicted octanol–water partition coefficient (Wildman–Crippen LogP) is 6.77. The van der Waals surface area contributed by atoms with Gasteiger partial charge >= 0.3 is 12.4 Å². The molecule has 2 heterocycles. The molecule has 1 aliphatic rings. The molecule has 2 aromatic carbocycles. The molecule has 1 saturated heterocycles. The third kappa shape index (κ3) is 7.73. The van der Waals surface area contributed by atoms with E-state index in [1.165, 1.54) is 4.90 Å². The number of hydrogen-bond donors (Lipinski definition) is 0. The van der Waals surface area contributed by atoms with E-state index in [0.29, 0.717) is 36.7 Å². The second kappa shape index (κ2) is 12.0. The van der Waals surface area contributed by atoms with Gasteiger partial charge in [-0.3, -0.25) is 14.7 Å². The van der Waals surface area contributed by atoms with Crippen LogP contribution in [0, 0.1) is 0 Å². The number of carbonyl (C=O) groups excluding carboxylic acids is 1. The van der Waals surface area contributed by atoms with E-state index < -0.39 is 41.0 Å². The maximum Gasteiger partial charge on any atom is 0.416 e. The summed E-state index contributed by atoms with van der Waals surface area (Å²) in [6.45, 7) is 1.75. The smallest absolute Gasteiger partial charge is 0.333 e. The number of halogens is 7. The Balaban J connectivity index is 1.57. The van der Waals surface area contributed by atoms with Gasteiger partial charge in [-0.25, -0.2) is 0 Å². The van der Waals surface area contributed by atoms with Crippen molar-refractivity contribution in [2.24, 2.45) is 0 Å². The normalized spacial score (nSPS) is 16.9. The van der Waals surface area contributed by atoms with Gasteiger partial charge in [0.25, 0.3) is 5.91 Å². The maximum atomic E-state index is 13.5. The molecular formula is C28H26ClF6N3O. The zero-order valence-electron chi connectivity index (χ0n) is 20.8. The van der Waals surface area contributed by atoms with Crippen molar-refractivity contribution >= 4 is 17.5 Å². The number of carbonyl (C=O) groups is 1. The van der Waals surface area contributed by atoms with Gasteiger partial charge in [-0.2, -0.15) is 26.3 Å². The lowest BCUT2D eigenvalue weighted by Crippen LogP contribution is -2.56. The van der Waals surface area contributed by atoms with Gasteiger partial charge in [0.15, 0.2) is 0 Å². The van der Waals surface area contributed by atoms with E-state index in [-0.39, 0.29) is 12.6 Å². The summed E-state index contributed by atoms with van der Waals surface area (Å²) in [6, 6.07) is 11.4. The Morgan fingerprint density at radius 1 is 0.923 bits per heavy atom. The highest BCUT2D eigenvalue weighted by atomic mass is 35.5. The second-order valence-electron chi connectivity index (χ2n) is 9.54. The van der Waals surface area contributed by atoms with Crippen molar-refractivity contribution < 1.29 is 31.1 Å². The van der Waals surface area contributed by atoms with Gasteiger partial charge in [0.05, 0.1) is 11.1 Å². The summed E-state index contributed by atoms with van der Waals surface area (Å²) in [5.41, 5.74) is -1.72. The molecule has 0 radical (unpaired) electrons. The lowest BCUT2D eigenvalue weighted by molar-refractivity contribution is -0.143. The van der Waals surface area contributed by atoms with Gasteiger partial charge in [-0.1, -0.05) is 29.8 Å². The molecule has 0 N–H and O–H groups in total. The molecule has 208 valence electrons. The molecule has 11 heteroatoms. The fourth-order valence-electron chi connectivity index (χ4n) is 4.75. The number of amides is 1. The van der Waals surface area contributed by atoms with Crippen molar-refractivity contribution in [1.29, 1.82) is 0 Å². The number of piperazine rings is 1. The van der Waals surface area contributed by atoms with Gasteiger partial charge in [0, 0.05) is 48.7 Å². The number of alkyl halides is 6. The zero-order chi connectivity index (χ0) is 28.2.